The molecule has 1 saturated heterocycles. The largest absolute Gasteiger partial charge is 0.320 e. The Labute approximate surface area is 187 Å². The van der Waals surface area contributed by atoms with Gasteiger partial charge < -0.3 is 5.32 Å². The third-order valence-electron chi connectivity index (χ3n) is 4.88. The minimum Gasteiger partial charge on any atom is -0.320 e. The molecule has 1 atom stereocenters. The third kappa shape index (κ3) is 4.93. The summed E-state index contributed by atoms with van der Waals surface area (Å²) in [5, 5.41) is 12.1. The van der Waals surface area contributed by atoms with Gasteiger partial charge in [0.05, 0.1) is 4.90 Å². The Balaban J connectivity index is 1.48. The van der Waals surface area contributed by atoms with Crippen molar-refractivity contribution < 1.29 is 17.6 Å². The van der Waals surface area contributed by atoms with Crippen LogP contribution in [-0.2, 0) is 10.0 Å². The fourth-order valence-electron chi connectivity index (χ4n) is 3.38. The summed E-state index contributed by atoms with van der Waals surface area (Å²) in [6, 6.07) is 11.7. The maximum atomic E-state index is 13.5. The molecule has 2 aromatic carbocycles. The molecule has 11 heteroatoms. The molecule has 1 aliphatic heterocycles. The summed E-state index contributed by atoms with van der Waals surface area (Å²) < 4.78 is 40.7. The minimum atomic E-state index is -3.82. The van der Waals surface area contributed by atoms with Crippen LogP contribution in [0, 0.1) is 5.82 Å². The number of hydrogen-bond donors (Lipinski definition) is 1. The zero-order chi connectivity index (χ0) is 22.0. The quantitative estimate of drug-likeness (QED) is 0.592. The number of carbonyl (C=O) groups excluding carboxylic acids is 1. The number of anilines is 1. The molecule has 3 aromatic rings. The second-order valence-electron chi connectivity index (χ2n) is 7.07. The lowest BCUT2D eigenvalue weighted by atomic mass is 10.0. The number of aromatic nitrogens is 2. The second-order valence-corrected chi connectivity index (χ2v) is 10.5. The van der Waals surface area contributed by atoms with Gasteiger partial charge in [0, 0.05) is 29.7 Å². The van der Waals surface area contributed by atoms with E-state index in [1.807, 2.05) is 0 Å². The summed E-state index contributed by atoms with van der Waals surface area (Å²) in [7, 11) is -3.82. The SMILES string of the molecule is O=C(Nc1cccc(Cl)c1)c1nnc([C@H]2CCCN(S(=O)(=O)c3cccc(F)c3)C2)s1. The number of nitrogens with one attached hydrogen (secondary N) is 1. The summed E-state index contributed by atoms with van der Waals surface area (Å²) in [5.41, 5.74) is 0.541. The average molecular weight is 481 g/mol. The molecule has 162 valence electrons. The van der Waals surface area contributed by atoms with Gasteiger partial charge in [0.1, 0.15) is 10.8 Å². The highest BCUT2D eigenvalue weighted by atomic mass is 35.5. The standard InChI is InChI=1S/C20H18ClFN4O3S2/c21-14-5-1-7-16(10-14)23-18(27)20-25-24-19(30-20)13-4-3-9-26(12-13)31(28,29)17-8-2-6-15(22)11-17/h1-2,5-8,10-11,13H,3-4,9,12H2,(H,23,27)/t13-/m0/s1. The van der Waals surface area contributed by atoms with Crippen molar-refractivity contribution >= 4 is 44.6 Å². The van der Waals surface area contributed by atoms with E-state index < -0.39 is 21.7 Å². The van der Waals surface area contributed by atoms with E-state index in [1.165, 1.54) is 22.5 Å². The molecule has 0 saturated carbocycles. The summed E-state index contributed by atoms with van der Waals surface area (Å²) in [6.07, 6.45) is 1.35. The van der Waals surface area contributed by atoms with Crippen molar-refractivity contribution in [2.75, 3.05) is 18.4 Å². The molecule has 1 aliphatic rings. The van der Waals surface area contributed by atoms with Crippen LogP contribution >= 0.6 is 22.9 Å². The molecule has 0 unspecified atom stereocenters. The molecule has 0 bridgehead atoms. The van der Waals surface area contributed by atoms with Crippen LogP contribution in [0.3, 0.4) is 0 Å². The summed E-state index contributed by atoms with van der Waals surface area (Å²) >= 11 is 7.07. The van der Waals surface area contributed by atoms with Gasteiger partial charge in [0.15, 0.2) is 0 Å². The number of carbonyl (C=O) groups is 1. The van der Waals surface area contributed by atoms with Gasteiger partial charge >= 0.3 is 0 Å². The van der Waals surface area contributed by atoms with Crippen molar-refractivity contribution in [3.8, 4) is 0 Å². The highest BCUT2D eigenvalue weighted by Gasteiger charge is 2.33. The Morgan fingerprint density at radius 2 is 2.00 bits per heavy atom. The van der Waals surface area contributed by atoms with E-state index in [-0.39, 0.29) is 22.4 Å². The Bertz CT molecular complexity index is 1220. The monoisotopic (exact) mass is 480 g/mol. The first-order chi connectivity index (χ1) is 14.8. The highest BCUT2D eigenvalue weighted by molar-refractivity contribution is 7.89. The Hall–Kier alpha value is -2.40. The number of rotatable bonds is 5. The van der Waals surface area contributed by atoms with Crippen LogP contribution in [0.2, 0.25) is 5.02 Å². The predicted octanol–water partition coefficient (Wildman–Crippen LogP) is 4.15. The van der Waals surface area contributed by atoms with Crippen LogP contribution in [0.25, 0.3) is 0 Å². The normalized spacial score (nSPS) is 17.4. The van der Waals surface area contributed by atoms with Crippen LogP contribution in [0.15, 0.2) is 53.4 Å². The first kappa shape index (κ1) is 21.8. The zero-order valence-corrected chi connectivity index (χ0v) is 18.6. The maximum absolute atomic E-state index is 13.5. The van der Waals surface area contributed by atoms with Crippen molar-refractivity contribution in [3.63, 3.8) is 0 Å². The molecule has 1 amide bonds. The van der Waals surface area contributed by atoms with E-state index in [2.05, 4.69) is 15.5 Å². The lowest BCUT2D eigenvalue weighted by molar-refractivity contribution is 0.102. The van der Waals surface area contributed by atoms with Crippen LogP contribution in [0.5, 0.6) is 0 Å². The van der Waals surface area contributed by atoms with Gasteiger partial charge in [0.2, 0.25) is 15.0 Å². The lowest BCUT2D eigenvalue weighted by Gasteiger charge is -2.30. The van der Waals surface area contributed by atoms with Gasteiger partial charge in [-0.1, -0.05) is 35.1 Å². The minimum absolute atomic E-state index is 0.0768. The molecular weight excluding hydrogens is 463 g/mol. The van der Waals surface area contributed by atoms with E-state index in [0.29, 0.717) is 28.7 Å². The summed E-state index contributed by atoms with van der Waals surface area (Å²) in [4.78, 5) is 12.4. The topological polar surface area (TPSA) is 92.3 Å². The van der Waals surface area contributed by atoms with E-state index in [9.17, 15) is 17.6 Å². The molecule has 0 radical (unpaired) electrons. The molecule has 4 rings (SSSR count). The molecule has 1 N–H and O–H groups in total. The van der Waals surface area contributed by atoms with Crippen LogP contribution in [0.4, 0.5) is 10.1 Å². The van der Waals surface area contributed by atoms with E-state index in [1.54, 1.807) is 24.3 Å². The number of hydrogen-bond acceptors (Lipinski definition) is 6. The van der Waals surface area contributed by atoms with E-state index in [0.717, 1.165) is 23.8 Å². The van der Waals surface area contributed by atoms with E-state index >= 15 is 0 Å². The van der Waals surface area contributed by atoms with Crippen LogP contribution in [-0.4, -0.2) is 41.9 Å². The van der Waals surface area contributed by atoms with Crippen molar-refractivity contribution in [2.45, 2.75) is 23.7 Å². The van der Waals surface area contributed by atoms with Crippen molar-refractivity contribution in [1.82, 2.24) is 14.5 Å². The van der Waals surface area contributed by atoms with Gasteiger partial charge in [-0.25, -0.2) is 12.8 Å². The summed E-state index contributed by atoms with van der Waals surface area (Å²) in [5.74, 6) is -1.21. The molecule has 0 spiro atoms. The first-order valence-electron chi connectivity index (χ1n) is 9.49. The van der Waals surface area contributed by atoms with Crippen molar-refractivity contribution in [2.24, 2.45) is 0 Å². The fraction of sp³-hybridized carbons (Fsp3) is 0.250. The molecule has 31 heavy (non-hydrogen) atoms. The van der Waals surface area contributed by atoms with Gasteiger partial charge in [-0.05, 0) is 49.2 Å². The molecule has 1 aromatic heterocycles. The smallest absolute Gasteiger partial charge is 0.286 e. The van der Waals surface area contributed by atoms with Gasteiger partial charge in [-0.2, -0.15) is 4.31 Å². The van der Waals surface area contributed by atoms with Crippen molar-refractivity contribution in [1.29, 1.82) is 0 Å². The third-order valence-corrected chi connectivity index (χ3v) is 8.07. The number of amides is 1. The maximum Gasteiger partial charge on any atom is 0.286 e. The highest BCUT2D eigenvalue weighted by Crippen LogP contribution is 2.32. The number of nitrogens with zero attached hydrogens (tertiary/aromatic N) is 3. The lowest BCUT2D eigenvalue weighted by Crippen LogP contribution is -2.39. The fourth-order valence-corrected chi connectivity index (χ4v) is 5.99. The molecule has 7 nitrogen and oxygen atoms in total. The Kier molecular flexibility index (Phi) is 6.33. The zero-order valence-electron chi connectivity index (χ0n) is 16.2. The van der Waals surface area contributed by atoms with Gasteiger partial charge in [0.25, 0.3) is 5.91 Å². The summed E-state index contributed by atoms with van der Waals surface area (Å²) in [6.45, 7) is 0.541. The van der Waals surface area contributed by atoms with Gasteiger partial charge in [-0.15, -0.1) is 10.2 Å². The number of halogens is 2. The molecule has 0 aliphatic carbocycles. The number of benzene rings is 2. The molecule has 1 fully saturated rings. The Morgan fingerprint density at radius 1 is 1.19 bits per heavy atom. The van der Waals surface area contributed by atoms with Crippen LogP contribution < -0.4 is 5.32 Å². The second kappa shape index (κ2) is 8.99. The first-order valence-corrected chi connectivity index (χ1v) is 12.1. The Morgan fingerprint density at radius 3 is 2.77 bits per heavy atom. The number of piperidine rings is 1. The molecular formula is C20H18ClFN4O3S2. The van der Waals surface area contributed by atoms with Crippen LogP contribution in [0.1, 0.15) is 33.6 Å². The van der Waals surface area contributed by atoms with Crippen molar-refractivity contribution in [3.05, 3.63) is 69.4 Å². The average Bonchev–Trinajstić information content (AvgIpc) is 3.24. The number of sulfonamides is 1. The van der Waals surface area contributed by atoms with Gasteiger partial charge in [-0.3, -0.25) is 4.79 Å². The molecule has 2 heterocycles. The predicted molar refractivity (Wildman–Crippen MR) is 116 cm³/mol. The van der Waals surface area contributed by atoms with E-state index in [4.69, 9.17) is 11.6 Å².